The van der Waals surface area contributed by atoms with Gasteiger partial charge in [0.25, 0.3) is 0 Å². The van der Waals surface area contributed by atoms with Gasteiger partial charge in [-0.2, -0.15) is 0 Å². The van der Waals surface area contributed by atoms with Gasteiger partial charge in [-0.05, 0) is 36.5 Å². The Morgan fingerprint density at radius 1 is 1.11 bits per heavy atom. The molecule has 5 heteroatoms. The van der Waals surface area contributed by atoms with E-state index >= 15 is 0 Å². The van der Waals surface area contributed by atoms with Crippen LogP contribution in [0.4, 0.5) is 5.69 Å². The largest absolute Gasteiger partial charge is 0.356 e. The smallest absolute Gasteiger partial charge is 0.237 e. The highest BCUT2D eigenvalue weighted by Crippen LogP contribution is 2.28. The maximum Gasteiger partial charge on any atom is 0.237 e. The Labute approximate surface area is 168 Å². The summed E-state index contributed by atoms with van der Waals surface area (Å²) in [6.07, 6.45) is 7.21. The van der Waals surface area contributed by atoms with E-state index in [2.05, 4.69) is 19.2 Å². The van der Waals surface area contributed by atoms with Crippen molar-refractivity contribution in [2.45, 2.75) is 72.1 Å². The molecule has 0 aromatic heterocycles. The van der Waals surface area contributed by atoms with E-state index in [1.54, 1.807) is 12.1 Å². The topological polar surface area (TPSA) is 66.5 Å². The SMILES string of the molecule is CCC1CC(=O)N(c2ccc(CC(=O)NCCCCCCC(C)C)cc2)C1=O. The molecule has 1 N–H and O–H groups in total. The van der Waals surface area contributed by atoms with Crippen LogP contribution in [0.3, 0.4) is 0 Å². The first-order valence-corrected chi connectivity index (χ1v) is 10.6. The summed E-state index contributed by atoms with van der Waals surface area (Å²) in [6, 6.07) is 7.15. The van der Waals surface area contributed by atoms with Gasteiger partial charge in [-0.15, -0.1) is 0 Å². The number of hydrogen-bond acceptors (Lipinski definition) is 3. The molecule has 1 fully saturated rings. The number of nitrogens with zero attached hydrogens (tertiary/aromatic N) is 1. The first-order chi connectivity index (χ1) is 13.4. The predicted molar refractivity (Wildman–Crippen MR) is 112 cm³/mol. The molecule has 1 aliphatic rings. The van der Waals surface area contributed by atoms with Crippen molar-refractivity contribution in [2.24, 2.45) is 11.8 Å². The number of carbonyl (C=O) groups excluding carboxylic acids is 3. The van der Waals surface area contributed by atoms with Crippen LogP contribution in [0, 0.1) is 11.8 Å². The first-order valence-electron chi connectivity index (χ1n) is 10.6. The summed E-state index contributed by atoms with van der Waals surface area (Å²) in [4.78, 5) is 37.8. The molecular weight excluding hydrogens is 352 g/mol. The zero-order valence-electron chi connectivity index (χ0n) is 17.5. The van der Waals surface area contributed by atoms with E-state index in [1.807, 2.05) is 19.1 Å². The van der Waals surface area contributed by atoms with Crippen molar-refractivity contribution in [1.82, 2.24) is 5.32 Å². The zero-order chi connectivity index (χ0) is 20.5. The van der Waals surface area contributed by atoms with Gasteiger partial charge in [-0.25, -0.2) is 0 Å². The Hall–Kier alpha value is -2.17. The molecule has 0 aliphatic carbocycles. The summed E-state index contributed by atoms with van der Waals surface area (Å²) < 4.78 is 0. The molecule has 0 spiro atoms. The molecule has 1 aliphatic heterocycles. The second kappa shape index (κ2) is 11.0. The first kappa shape index (κ1) is 22.1. The normalized spacial score (nSPS) is 16.9. The Kier molecular flexibility index (Phi) is 8.68. The van der Waals surface area contributed by atoms with Gasteiger partial charge >= 0.3 is 0 Å². The van der Waals surface area contributed by atoms with Gasteiger partial charge in [-0.3, -0.25) is 19.3 Å². The van der Waals surface area contributed by atoms with E-state index in [0.29, 0.717) is 25.1 Å². The number of anilines is 1. The molecule has 1 aromatic rings. The Bertz CT molecular complexity index is 667. The lowest BCUT2D eigenvalue weighted by Gasteiger charge is -2.15. The minimum absolute atomic E-state index is 0.00861. The van der Waals surface area contributed by atoms with Crippen molar-refractivity contribution in [3.8, 4) is 0 Å². The van der Waals surface area contributed by atoms with Crippen molar-refractivity contribution in [3.63, 3.8) is 0 Å². The highest BCUT2D eigenvalue weighted by molar-refractivity contribution is 6.20. The van der Waals surface area contributed by atoms with Crippen molar-refractivity contribution < 1.29 is 14.4 Å². The molecule has 1 aromatic carbocycles. The molecule has 5 nitrogen and oxygen atoms in total. The fourth-order valence-corrected chi connectivity index (χ4v) is 3.55. The van der Waals surface area contributed by atoms with E-state index in [0.717, 1.165) is 24.3 Å². The highest BCUT2D eigenvalue weighted by atomic mass is 16.2. The molecule has 1 saturated heterocycles. The molecule has 0 saturated carbocycles. The van der Waals surface area contributed by atoms with Crippen molar-refractivity contribution in [2.75, 3.05) is 11.4 Å². The molecule has 2 rings (SSSR count). The molecule has 3 amide bonds. The summed E-state index contributed by atoms with van der Waals surface area (Å²) in [7, 11) is 0. The van der Waals surface area contributed by atoms with Gasteiger partial charge in [0.15, 0.2) is 0 Å². The van der Waals surface area contributed by atoms with E-state index in [4.69, 9.17) is 0 Å². The maximum atomic E-state index is 12.3. The predicted octanol–water partition coefficient (Wildman–Crippen LogP) is 4.24. The third-order valence-electron chi connectivity index (χ3n) is 5.32. The van der Waals surface area contributed by atoms with Crippen LogP contribution in [-0.2, 0) is 20.8 Å². The number of rotatable bonds is 11. The van der Waals surface area contributed by atoms with Crippen LogP contribution in [-0.4, -0.2) is 24.3 Å². The van der Waals surface area contributed by atoms with E-state index in [9.17, 15) is 14.4 Å². The standard InChI is InChI=1S/C23H34N2O3/c1-4-19-16-22(27)25(23(19)28)20-12-10-18(11-13-20)15-21(26)24-14-8-6-5-7-9-17(2)3/h10-13,17,19H,4-9,14-16H2,1-3H3,(H,24,26). The van der Waals surface area contributed by atoms with Crippen LogP contribution < -0.4 is 10.2 Å². The fraction of sp³-hybridized carbons (Fsp3) is 0.609. The van der Waals surface area contributed by atoms with E-state index < -0.39 is 0 Å². The number of unbranched alkanes of at least 4 members (excludes halogenated alkanes) is 3. The Morgan fingerprint density at radius 2 is 1.79 bits per heavy atom. The lowest BCUT2D eigenvalue weighted by Crippen LogP contribution is -2.30. The van der Waals surface area contributed by atoms with Crippen LogP contribution in [0.5, 0.6) is 0 Å². The third-order valence-corrected chi connectivity index (χ3v) is 5.32. The Balaban J connectivity index is 1.73. The van der Waals surface area contributed by atoms with Crippen LogP contribution in [0.25, 0.3) is 0 Å². The van der Waals surface area contributed by atoms with Crippen LogP contribution in [0.2, 0.25) is 0 Å². The summed E-state index contributed by atoms with van der Waals surface area (Å²) in [5.41, 5.74) is 1.47. The lowest BCUT2D eigenvalue weighted by atomic mass is 10.0. The maximum absolute atomic E-state index is 12.3. The second-order valence-corrected chi connectivity index (χ2v) is 8.17. The van der Waals surface area contributed by atoms with Gasteiger partial charge in [0, 0.05) is 18.9 Å². The molecule has 154 valence electrons. The van der Waals surface area contributed by atoms with Crippen molar-refractivity contribution in [1.29, 1.82) is 0 Å². The zero-order valence-corrected chi connectivity index (χ0v) is 17.5. The number of hydrogen-bond donors (Lipinski definition) is 1. The van der Waals surface area contributed by atoms with Crippen LogP contribution >= 0.6 is 0 Å². The van der Waals surface area contributed by atoms with E-state index in [-0.39, 0.29) is 30.1 Å². The van der Waals surface area contributed by atoms with Crippen LogP contribution in [0.15, 0.2) is 24.3 Å². The summed E-state index contributed by atoms with van der Waals surface area (Å²) in [5.74, 6) is 0.306. The van der Waals surface area contributed by atoms with Gasteiger partial charge in [0.2, 0.25) is 17.7 Å². The number of carbonyl (C=O) groups is 3. The average Bonchev–Trinajstić information content (AvgIpc) is 2.95. The molecule has 1 unspecified atom stereocenters. The number of imide groups is 1. The number of nitrogens with one attached hydrogen (secondary N) is 1. The van der Waals surface area contributed by atoms with Gasteiger partial charge < -0.3 is 5.32 Å². The third kappa shape index (κ3) is 6.47. The summed E-state index contributed by atoms with van der Waals surface area (Å²) in [5, 5.41) is 2.97. The fourth-order valence-electron chi connectivity index (χ4n) is 3.55. The molecule has 1 atom stereocenters. The Morgan fingerprint density at radius 3 is 2.39 bits per heavy atom. The van der Waals surface area contributed by atoms with Gasteiger partial charge in [0.05, 0.1) is 12.1 Å². The minimum atomic E-state index is -0.205. The molecule has 1 heterocycles. The van der Waals surface area contributed by atoms with Gasteiger partial charge in [0.1, 0.15) is 0 Å². The highest BCUT2D eigenvalue weighted by Gasteiger charge is 2.38. The second-order valence-electron chi connectivity index (χ2n) is 8.17. The average molecular weight is 387 g/mol. The monoisotopic (exact) mass is 386 g/mol. The van der Waals surface area contributed by atoms with Crippen molar-refractivity contribution in [3.05, 3.63) is 29.8 Å². The number of amides is 3. The quantitative estimate of drug-likeness (QED) is 0.457. The van der Waals surface area contributed by atoms with Crippen LogP contribution in [0.1, 0.15) is 71.3 Å². The molecular formula is C23H34N2O3. The van der Waals surface area contributed by atoms with Gasteiger partial charge in [-0.1, -0.05) is 58.6 Å². The van der Waals surface area contributed by atoms with Crippen molar-refractivity contribution >= 4 is 23.4 Å². The minimum Gasteiger partial charge on any atom is -0.356 e. The summed E-state index contributed by atoms with van der Waals surface area (Å²) >= 11 is 0. The molecule has 0 bridgehead atoms. The molecule has 0 radical (unpaired) electrons. The lowest BCUT2D eigenvalue weighted by molar-refractivity contribution is -0.122. The summed E-state index contributed by atoms with van der Waals surface area (Å²) in [6.45, 7) is 7.13. The number of benzene rings is 1. The molecule has 28 heavy (non-hydrogen) atoms. The van der Waals surface area contributed by atoms with E-state index in [1.165, 1.54) is 24.2 Å².